The predicted octanol–water partition coefficient (Wildman–Crippen LogP) is 4.89. The standard InChI is InChI=1S/C18H20FNS/c19-16-8-3-9-17(11-16)21-12-18(20)15-7-2-6-14(10-15)13-4-1-5-13/h2-3,6-11,13,18H,1,4-5,12,20H2. The van der Waals surface area contributed by atoms with Crippen molar-refractivity contribution in [2.45, 2.75) is 36.1 Å². The first-order chi connectivity index (χ1) is 10.2. The Labute approximate surface area is 129 Å². The lowest BCUT2D eigenvalue weighted by Gasteiger charge is -2.26. The van der Waals surface area contributed by atoms with E-state index in [0.717, 1.165) is 16.6 Å². The fourth-order valence-corrected chi connectivity index (χ4v) is 3.56. The van der Waals surface area contributed by atoms with Crippen LogP contribution in [0.3, 0.4) is 0 Å². The molecule has 0 spiro atoms. The van der Waals surface area contributed by atoms with E-state index in [-0.39, 0.29) is 11.9 Å². The zero-order chi connectivity index (χ0) is 14.7. The largest absolute Gasteiger partial charge is 0.323 e. The van der Waals surface area contributed by atoms with Crippen LogP contribution < -0.4 is 5.73 Å². The van der Waals surface area contributed by atoms with Crippen LogP contribution in [-0.4, -0.2) is 5.75 Å². The van der Waals surface area contributed by atoms with E-state index in [0.29, 0.717) is 0 Å². The zero-order valence-electron chi connectivity index (χ0n) is 12.0. The van der Waals surface area contributed by atoms with Crippen molar-refractivity contribution in [1.82, 2.24) is 0 Å². The molecule has 3 rings (SSSR count). The summed E-state index contributed by atoms with van der Waals surface area (Å²) in [5.41, 5.74) is 8.90. The van der Waals surface area contributed by atoms with Crippen LogP contribution in [0, 0.1) is 5.82 Å². The average molecular weight is 301 g/mol. The number of hydrogen-bond acceptors (Lipinski definition) is 2. The second-order valence-electron chi connectivity index (χ2n) is 5.67. The molecule has 1 fully saturated rings. The molecule has 0 aliphatic heterocycles. The summed E-state index contributed by atoms with van der Waals surface area (Å²) in [6, 6.07) is 15.3. The van der Waals surface area contributed by atoms with Crippen molar-refractivity contribution < 1.29 is 4.39 Å². The van der Waals surface area contributed by atoms with Crippen molar-refractivity contribution >= 4 is 11.8 Å². The Morgan fingerprint density at radius 3 is 2.67 bits per heavy atom. The number of hydrogen-bond donors (Lipinski definition) is 1. The smallest absolute Gasteiger partial charge is 0.124 e. The van der Waals surface area contributed by atoms with Gasteiger partial charge in [0.05, 0.1) is 0 Å². The van der Waals surface area contributed by atoms with Crippen molar-refractivity contribution in [3.8, 4) is 0 Å². The summed E-state index contributed by atoms with van der Waals surface area (Å²) in [7, 11) is 0. The van der Waals surface area contributed by atoms with Gasteiger partial charge in [0.2, 0.25) is 0 Å². The summed E-state index contributed by atoms with van der Waals surface area (Å²) in [5.74, 6) is 1.30. The van der Waals surface area contributed by atoms with E-state index in [1.54, 1.807) is 23.9 Å². The number of thioether (sulfide) groups is 1. The Hall–Kier alpha value is -1.32. The van der Waals surface area contributed by atoms with Crippen LogP contribution in [0.15, 0.2) is 53.4 Å². The minimum Gasteiger partial charge on any atom is -0.323 e. The molecule has 2 aromatic carbocycles. The summed E-state index contributed by atoms with van der Waals surface area (Å²) in [4.78, 5) is 0.931. The monoisotopic (exact) mass is 301 g/mol. The highest BCUT2D eigenvalue weighted by Crippen LogP contribution is 2.37. The molecule has 2 N–H and O–H groups in total. The van der Waals surface area contributed by atoms with Gasteiger partial charge in [-0.15, -0.1) is 11.8 Å². The molecule has 1 nitrogen and oxygen atoms in total. The first-order valence-electron chi connectivity index (χ1n) is 7.46. The molecule has 2 aromatic rings. The van der Waals surface area contributed by atoms with Gasteiger partial charge >= 0.3 is 0 Å². The lowest BCUT2D eigenvalue weighted by molar-refractivity contribution is 0.419. The Morgan fingerprint density at radius 1 is 1.14 bits per heavy atom. The van der Waals surface area contributed by atoms with E-state index in [1.807, 2.05) is 6.07 Å². The van der Waals surface area contributed by atoms with Gasteiger partial charge in [0.25, 0.3) is 0 Å². The molecule has 0 heterocycles. The highest BCUT2D eigenvalue weighted by atomic mass is 32.2. The average Bonchev–Trinajstić information content (AvgIpc) is 2.43. The number of rotatable bonds is 5. The minimum atomic E-state index is -0.194. The van der Waals surface area contributed by atoms with Gasteiger partial charge in [-0.05, 0) is 48.1 Å². The van der Waals surface area contributed by atoms with E-state index >= 15 is 0 Å². The molecule has 110 valence electrons. The second-order valence-corrected chi connectivity index (χ2v) is 6.77. The maximum absolute atomic E-state index is 13.2. The van der Waals surface area contributed by atoms with Gasteiger partial charge in [0.15, 0.2) is 0 Å². The first-order valence-corrected chi connectivity index (χ1v) is 8.45. The Balaban J connectivity index is 1.63. The Kier molecular flexibility index (Phi) is 4.61. The highest BCUT2D eigenvalue weighted by Gasteiger charge is 2.20. The lowest BCUT2D eigenvalue weighted by atomic mass is 9.79. The van der Waals surface area contributed by atoms with Gasteiger partial charge in [0, 0.05) is 16.7 Å². The van der Waals surface area contributed by atoms with Crippen molar-refractivity contribution in [3.63, 3.8) is 0 Å². The van der Waals surface area contributed by atoms with Crippen LogP contribution in [0.4, 0.5) is 4.39 Å². The fourth-order valence-electron chi connectivity index (χ4n) is 2.62. The molecular weight excluding hydrogens is 281 g/mol. The normalized spacial score (nSPS) is 16.5. The van der Waals surface area contributed by atoms with Crippen molar-refractivity contribution in [1.29, 1.82) is 0 Å². The van der Waals surface area contributed by atoms with E-state index in [9.17, 15) is 4.39 Å². The van der Waals surface area contributed by atoms with Gasteiger partial charge in [-0.2, -0.15) is 0 Å². The molecule has 0 radical (unpaired) electrons. The zero-order valence-corrected chi connectivity index (χ0v) is 12.8. The fraction of sp³-hybridized carbons (Fsp3) is 0.333. The van der Waals surface area contributed by atoms with Crippen LogP contribution >= 0.6 is 11.8 Å². The number of halogens is 1. The lowest BCUT2D eigenvalue weighted by Crippen LogP contribution is -2.15. The second kappa shape index (κ2) is 6.63. The molecule has 0 aromatic heterocycles. The number of benzene rings is 2. The molecule has 1 saturated carbocycles. The molecule has 21 heavy (non-hydrogen) atoms. The highest BCUT2D eigenvalue weighted by molar-refractivity contribution is 7.99. The quantitative estimate of drug-likeness (QED) is 0.796. The molecule has 1 unspecified atom stereocenters. The predicted molar refractivity (Wildman–Crippen MR) is 87.1 cm³/mol. The van der Waals surface area contributed by atoms with E-state index in [1.165, 1.54) is 36.5 Å². The summed E-state index contributed by atoms with van der Waals surface area (Å²) >= 11 is 1.61. The Morgan fingerprint density at radius 2 is 1.95 bits per heavy atom. The van der Waals surface area contributed by atoms with Crippen LogP contribution in [0.1, 0.15) is 42.3 Å². The first kappa shape index (κ1) is 14.6. The maximum atomic E-state index is 13.2. The van der Waals surface area contributed by atoms with E-state index in [2.05, 4.69) is 24.3 Å². The van der Waals surface area contributed by atoms with Crippen molar-refractivity contribution in [2.24, 2.45) is 5.73 Å². The van der Waals surface area contributed by atoms with Crippen molar-refractivity contribution in [2.75, 3.05) is 5.75 Å². The SMILES string of the molecule is NC(CSc1cccc(F)c1)c1cccc(C2CCC2)c1. The molecule has 3 heteroatoms. The maximum Gasteiger partial charge on any atom is 0.124 e. The topological polar surface area (TPSA) is 26.0 Å². The molecule has 1 aliphatic carbocycles. The Bertz CT molecular complexity index is 610. The van der Waals surface area contributed by atoms with Crippen molar-refractivity contribution in [3.05, 3.63) is 65.5 Å². The summed E-state index contributed by atoms with van der Waals surface area (Å²) in [6.45, 7) is 0. The third-order valence-corrected chi connectivity index (χ3v) is 5.25. The van der Waals surface area contributed by atoms with E-state index < -0.39 is 0 Å². The molecular formula is C18H20FNS. The molecule has 1 aliphatic rings. The van der Waals surface area contributed by atoms with Crippen LogP contribution in [0.2, 0.25) is 0 Å². The molecule has 0 amide bonds. The number of nitrogens with two attached hydrogens (primary N) is 1. The van der Waals surface area contributed by atoms with Gasteiger partial charge in [-0.3, -0.25) is 0 Å². The van der Waals surface area contributed by atoms with E-state index in [4.69, 9.17) is 5.73 Å². The van der Waals surface area contributed by atoms with Crippen LogP contribution in [-0.2, 0) is 0 Å². The molecule has 0 bridgehead atoms. The summed E-state index contributed by atoms with van der Waals surface area (Å²) in [5, 5.41) is 0. The van der Waals surface area contributed by atoms with Gasteiger partial charge in [0.1, 0.15) is 5.82 Å². The minimum absolute atomic E-state index is 0.0155. The molecule has 1 atom stereocenters. The van der Waals surface area contributed by atoms with Gasteiger partial charge in [-0.1, -0.05) is 36.8 Å². The molecule has 0 saturated heterocycles. The van der Waals surface area contributed by atoms with Gasteiger partial charge in [-0.25, -0.2) is 4.39 Å². The van der Waals surface area contributed by atoms with Gasteiger partial charge < -0.3 is 5.73 Å². The summed E-state index contributed by atoms with van der Waals surface area (Å²) < 4.78 is 13.2. The van der Waals surface area contributed by atoms with Crippen LogP contribution in [0.25, 0.3) is 0 Å². The third kappa shape index (κ3) is 3.66. The van der Waals surface area contributed by atoms with Crippen LogP contribution in [0.5, 0.6) is 0 Å². The summed E-state index contributed by atoms with van der Waals surface area (Å²) in [6.07, 6.45) is 3.95. The third-order valence-electron chi connectivity index (χ3n) is 4.14.